The van der Waals surface area contributed by atoms with Crippen LogP contribution >= 0.6 is 0 Å². The molecule has 0 unspecified atom stereocenters. The number of benzene rings is 2. The predicted octanol–water partition coefficient (Wildman–Crippen LogP) is 5.21. The molecule has 0 amide bonds. The fourth-order valence-corrected chi connectivity index (χ4v) is 4.08. The van der Waals surface area contributed by atoms with Crippen molar-refractivity contribution in [3.05, 3.63) is 59.8 Å². The number of fused-ring (bicyclic) bond motifs is 1. The van der Waals surface area contributed by atoms with Gasteiger partial charge in [0.2, 0.25) is 0 Å². The second-order valence-electron chi connectivity index (χ2n) is 8.43. The topological polar surface area (TPSA) is 80.6 Å². The number of hydrogen-bond acceptors (Lipinski definition) is 5. The Morgan fingerprint density at radius 2 is 1.81 bits per heavy atom. The summed E-state index contributed by atoms with van der Waals surface area (Å²) < 4.78 is 9.98. The van der Waals surface area contributed by atoms with Crippen LogP contribution in [0.25, 0.3) is 10.9 Å². The lowest BCUT2D eigenvalue weighted by Crippen LogP contribution is -2.37. The summed E-state index contributed by atoms with van der Waals surface area (Å²) in [7, 11) is 1.63. The van der Waals surface area contributed by atoms with Crippen LogP contribution in [0.2, 0.25) is 0 Å². The molecule has 3 N–H and O–H groups in total. The van der Waals surface area contributed by atoms with Gasteiger partial charge in [-0.2, -0.15) is 0 Å². The van der Waals surface area contributed by atoms with Gasteiger partial charge in [0.25, 0.3) is 0 Å². The Morgan fingerprint density at radius 1 is 1.12 bits per heavy atom. The van der Waals surface area contributed by atoms with E-state index in [2.05, 4.69) is 41.9 Å². The first-order valence-corrected chi connectivity index (χ1v) is 11.3. The van der Waals surface area contributed by atoms with Crippen molar-refractivity contribution in [1.29, 1.82) is 0 Å². The Morgan fingerprint density at radius 3 is 2.41 bits per heavy atom. The van der Waals surface area contributed by atoms with Crippen molar-refractivity contribution in [1.82, 2.24) is 9.88 Å². The molecule has 6 nitrogen and oxygen atoms in total. The molecule has 1 aromatic heterocycles. The van der Waals surface area contributed by atoms with Crippen LogP contribution in [0.4, 0.5) is 5.69 Å². The zero-order valence-electron chi connectivity index (χ0n) is 19.6. The largest absolute Gasteiger partial charge is 0.497 e. The Kier molecular flexibility index (Phi) is 8.17. The molecule has 0 atom stereocenters. The molecule has 0 bridgehead atoms. The molecule has 1 saturated heterocycles. The SMILES string of the molecule is CCOC(=O)c1cc2cc(C3CCN(C(C)C)CC3)ccc2[nH]1.COc1ccc(N)cc1. The van der Waals surface area contributed by atoms with Gasteiger partial charge >= 0.3 is 5.97 Å². The van der Waals surface area contributed by atoms with Gasteiger partial charge in [0.05, 0.1) is 13.7 Å². The smallest absolute Gasteiger partial charge is 0.354 e. The van der Waals surface area contributed by atoms with E-state index in [1.165, 1.54) is 31.5 Å². The number of nitrogen functional groups attached to an aromatic ring is 1. The number of aromatic amines is 1. The van der Waals surface area contributed by atoms with Crippen molar-refractivity contribution < 1.29 is 14.3 Å². The lowest BCUT2D eigenvalue weighted by atomic mass is 9.88. The van der Waals surface area contributed by atoms with Gasteiger partial charge in [-0.05, 0) is 101 Å². The minimum atomic E-state index is -0.282. The van der Waals surface area contributed by atoms with Crippen molar-refractivity contribution in [2.75, 3.05) is 32.5 Å². The second kappa shape index (κ2) is 11.0. The zero-order chi connectivity index (χ0) is 23.1. The number of methoxy groups -OCH3 is 1. The zero-order valence-corrected chi connectivity index (χ0v) is 19.6. The molecule has 0 spiro atoms. The van der Waals surface area contributed by atoms with Gasteiger partial charge in [0.15, 0.2) is 0 Å². The standard InChI is InChI=1S/C19H26N2O2.C7H9NO/c1-4-23-19(22)18-12-16-11-15(5-6-17(16)20-18)14-7-9-21(10-8-14)13(2)3;1-9-7-4-2-6(8)3-5-7/h5-6,11-14,20H,4,7-10H2,1-3H3;2-5H,8H2,1H3. The summed E-state index contributed by atoms with van der Waals surface area (Å²) in [6, 6.07) is 16.3. The molecule has 0 radical (unpaired) electrons. The molecule has 1 aliphatic heterocycles. The molecular weight excluding hydrogens is 402 g/mol. The number of anilines is 1. The van der Waals surface area contributed by atoms with E-state index >= 15 is 0 Å². The molecule has 1 aliphatic rings. The van der Waals surface area contributed by atoms with Crippen molar-refractivity contribution in [2.45, 2.75) is 45.6 Å². The van der Waals surface area contributed by atoms with Crippen molar-refractivity contribution >= 4 is 22.6 Å². The molecule has 2 heterocycles. The molecule has 0 aliphatic carbocycles. The van der Waals surface area contributed by atoms with Gasteiger partial charge in [-0.25, -0.2) is 4.79 Å². The van der Waals surface area contributed by atoms with E-state index in [0.29, 0.717) is 24.3 Å². The molecule has 172 valence electrons. The number of likely N-dealkylation sites (tertiary alicyclic amines) is 1. The number of aromatic nitrogens is 1. The maximum Gasteiger partial charge on any atom is 0.354 e. The van der Waals surface area contributed by atoms with E-state index in [-0.39, 0.29) is 5.97 Å². The predicted molar refractivity (Wildman–Crippen MR) is 130 cm³/mol. The van der Waals surface area contributed by atoms with Crippen LogP contribution in [0.15, 0.2) is 48.5 Å². The van der Waals surface area contributed by atoms with Gasteiger partial charge in [0, 0.05) is 22.6 Å². The second-order valence-corrected chi connectivity index (χ2v) is 8.43. The lowest BCUT2D eigenvalue weighted by Gasteiger charge is -2.34. The average molecular weight is 438 g/mol. The number of nitrogens with two attached hydrogens (primary N) is 1. The summed E-state index contributed by atoms with van der Waals surface area (Å²) in [5, 5.41) is 1.09. The van der Waals surface area contributed by atoms with Gasteiger partial charge in [0.1, 0.15) is 11.4 Å². The minimum absolute atomic E-state index is 0.282. The van der Waals surface area contributed by atoms with E-state index in [1.54, 1.807) is 19.2 Å². The van der Waals surface area contributed by atoms with Crippen molar-refractivity contribution in [3.63, 3.8) is 0 Å². The summed E-state index contributed by atoms with van der Waals surface area (Å²) in [6.45, 7) is 9.09. The van der Waals surface area contributed by atoms with Gasteiger partial charge in [-0.15, -0.1) is 0 Å². The number of nitrogens with one attached hydrogen (secondary N) is 1. The fourth-order valence-electron chi connectivity index (χ4n) is 4.08. The van der Waals surface area contributed by atoms with Gasteiger partial charge in [-0.1, -0.05) is 6.07 Å². The number of hydrogen-bond donors (Lipinski definition) is 2. The Hall–Kier alpha value is -2.99. The van der Waals surface area contributed by atoms with E-state index in [9.17, 15) is 4.79 Å². The first kappa shape index (κ1) is 23.7. The average Bonchev–Trinajstić information content (AvgIpc) is 3.24. The van der Waals surface area contributed by atoms with Crippen LogP contribution in [0, 0.1) is 0 Å². The van der Waals surface area contributed by atoms with Crippen LogP contribution in [-0.4, -0.2) is 48.7 Å². The number of H-pyrrole nitrogens is 1. The maximum absolute atomic E-state index is 11.8. The van der Waals surface area contributed by atoms with Crippen LogP contribution < -0.4 is 10.5 Å². The first-order chi connectivity index (χ1) is 15.4. The third-order valence-corrected chi connectivity index (χ3v) is 5.99. The highest BCUT2D eigenvalue weighted by atomic mass is 16.5. The van der Waals surface area contributed by atoms with E-state index in [1.807, 2.05) is 25.1 Å². The third-order valence-electron chi connectivity index (χ3n) is 5.99. The van der Waals surface area contributed by atoms with Gasteiger partial charge < -0.3 is 25.1 Å². The van der Waals surface area contributed by atoms with Crippen molar-refractivity contribution in [2.24, 2.45) is 0 Å². The summed E-state index contributed by atoms with van der Waals surface area (Å²) >= 11 is 0. The lowest BCUT2D eigenvalue weighted by molar-refractivity contribution is 0.0520. The molecule has 6 heteroatoms. The van der Waals surface area contributed by atoms with Crippen LogP contribution in [0.1, 0.15) is 55.6 Å². The molecular formula is C26H35N3O3. The highest BCUT2D eigenvalue weighted by molar-refractivity contribution is 5.95. The number of ether oxygens (including phenoxy) is 2. The number of carbonyl (C=O) groups excluding carboxylic acids is 1. The summed E-state index contributed by atoms with van der Waals surface area (Å²) in [4.78, 5) is 17.5. The first-order valence-electron chi connectivity index (χ1n) is 11.3. The Labute approximate surface area is 190 Å². The Bertz CT molecular complexity index is 1000. The number of esters is 1. The Balaban J connectivity index is 0.000000269. The highest BCUT2D eigenvalue weighted by Gasteiger charge is 2.22. The van der Waals surface area contributed by atoms with Crippen LogP contribution in [0.3, 0.4) is 0 Å². The van der Waals surface area contributed by atoms with Crippen LogP contribution in [0.5, 0.6) is 5.75 Å². The summed E-state index contributed by atoms with van der Waals surface area (Å²) in [6.07, 6.45) is 2.41. The maximum atomic E-state index is 11.8. The molecule has 4 rings (SSSR count). The number of rotatable bonds is 5. The van der Waals surface area contributed by atoms with E-state index in [0.717, 1.165) is 22.3 Å². The number of nitrogens with zero attached hydrogens (tertiary/aromatic N) is 1. The molecule has 1 fully saturated rings. The van der Waals surface area contributed by atoms with E-state index < -0.39 is 0 Å². The molecule has 2 aromatic carbocycles. The van der Waals surface area contributed by atoms with E-state index in [4.69, 9.17) is 15.2 Å². The fraction of sp³-hybridized carbons (Fsp3) is 0.423. The van der Waals surface area contributed by atoms with Crippen molar-refractivity contribution in [3.8, 4) is 5.75 Å². The highest BCUT2D eigenvalue weighted by Crippen LogP contribution is 2.31. The number of piperidine rings is 1. The monoisotopic (exact) mass is 437 g/mol. The number of carbonyl (C=O) groups is 1. The molecule has 3 aromatic rings. The summed E-state index contributed by atoms with van der Waals surface area (Å²) in [5.74, 6) is 1.18. The molecule has 32 heavy (non-hydrogen) atoms. The van der Waals surface area contributed by atoms with Gasteiger partial charge in [-0.3, -0.25) is 0 Å². The third kappa shape index (κ3) is 6.04. The normalized spacial score (nSPS) is 14.8. The van der Waals surface area contributed by atoms with Crippen LogP contribution in [-0.2, 0) is 4.74 Å². The minimum Gasteiger partial charge on any atom is -0.497 e. The quantitative estimate of drug-likeness (QED) is 0.423. The molecule has 0 saturated carbocycles. The summed E-state index contributed by atoms with van der Waals surface area (Å²) in [5.41, 5.74) is 9.10.